The maximum absolute atomic E-state index is 12.2. The van der Waals surface area contributed by atoms with Gasteiger partial charge in [0.2, 0.25) is 0 Å². The molecule has 2 aromatic heterocycles. The lowest BCUT2D eigenvalue weighted by Crippen LogP contribution is -2.40. The van der Waals surface area contributed by atoms with Crippen LogP contribution in [-0.2, 0) is 17.8 Å². The maximum atomic E-state index is 12.2. The highest BCUT2D eigenvalue weighted by molar-refractivity contribution is 5.91. The lowest BCUT2D eigenvalue weighted by atomic mass is 9.95. The van der Waals surface area contributed by atoms with Crippen molar-refractivity contribution in [1.82, 2.24) is 10.3 Å². The number of aliphatic hydroxyl groups is 1. The Hall–Kier alpha value is -2.18. The first kappa shape index (κ1) is 14.7. The maximum Gasteiger partial charge on any atom is 0.287 e. The number of carbonyl (C=O) groups excluding carboxylic acids is 1. The van der Waals surface area contributed by atoms with Crippen LogP contribution in [0.3, 0.4) is 0 Å². The normalized spacial score (nSPS) is 21.0. The van der Waals surface area contributed by atoms with Crippen LogP contribution in [0.2, 0.25) is 0 Å². The van der Waals surface area contributed by atoms with Crippen molar-refractivity contribution in [2.24, 2.45) is 5.92 Å². The standard InChI is InChI=1S/C16H18N2O4/c19-8-13-1-2-15(22-13)16(20)18-14-10-21-9-12(14)7-11-3-5-17-6-4-11/h1-6,12,14,19H,7-10H2,(H,18,20)/t12-,14+/m1/s1. The second-order valence-corrected chi connectivity index (χ2v) is 5.36. The first-order valence-corrected chi connectivity index (χ1v) is 7.23. The van der Waals surface area contributed by atoms with Crippen molar-refractivity contribution in [2.75, 3.05) is 13.2 Å². The molecule has 6 nitrogen and oxygen atoms in total. The van der Waals surface area contributed by atoms with E-state index in [0.717, 1.165) is 6.42 Å². The van der Waals surface area contributed by atoms with Crippen molar-refractivity contribution in [3.63, 3.8) is 0 Å². The van der Waals surface area contributed by atoms with Crippen LogP contribution in [0.4, 0.5) is 0 Å². The third-order valence-electron chi connectivity index (χ3n) is 3.80. The van der Waals surface area contributed by atoms with E-state index in [0.29, 0.717) is 19.0 Å². The van der Waals surface area contributed by atoms with E-state index in [1.165, 1.54) is 5.56 Å². The van der Waals surface area contributed by atoms with Gasteiger partial charge in [-0.2, -0.15) is 0 Å². The van der Waals surface area contributed by atoms with Crippen molar-refractivity contribution >= 4 is 5.91 Å². The molecule has 1 fully saturated rings. The van der Waals surface area contributed by atoms with Crippen molar-refractivity contribution in [2.45, 2.75) is 19.1 Å². The predicted octanol–water partition coefficient (Wildman–Crippen LogP) is 1.15. The molecule has 0 aromatic carbocycles. The van der Waals surface area contributed by atoms with Gasteiger partial charge in [-0.1, -0.05) is 0 Å². The summed E-state index contributed by atoms with van der Waals surface area (Å²) in [6.45, 7) is 0.896. The zero-order chi connectivity index (χ0) is 15.4. The molecular formula is C16H18N2O4. The van der Waals surface area contributed by atoms with Gasteiger partial charge in [0.1, 0.15) is 12.4 Å². The van der Waals surface area contributed by atoms with Crippen LogP contribution in [0.5, 0.6) is 0 Å². The van der Waals surface area contributed by atoms with Crippen molar-refractivity contribution in [3.05, 3.63) is 53.7 Å². The molecule has 1 aliphatic rings. The van der Waals surface area contributed by atoms with E-state index in [1.807, 2.05) is 12.1 Å². The third-order valence-corrected chi connectivity index (χ3v) is 3.80. The molecule has 1 saturated heterocycles. The molecule has 0 saturated carbocycles. The molecule has 2 atom stereocenters. The van der Waals surface area contributed by atoms with E-state index in [1.54, 1.807) is 24.5 Å². The first-order valence-electron chi connectivity index (χ1n) is 7.23. The number of furan rings is 1. The summed E-state index contributed by atoms with van der Waals surface area (Å²) >= 11 is 0. The largest absolute Gasteiger partial charge is 0.453 e. The zero-order valence-electron chi connectivity index (χ0n) is 12.1. The van der Waals surface area contributed by atoms with Gasteiger partial charge in [-0.15, -0.1) is 0 Å². The summed E-state index contributed by atoms with van der Waals surface area (Å²) in [5.74, 6) is 0.522. The van der Waals surface area contributed by atoms with Gasteiger partial charge in [0, 0.05) is 18.3 Å². The molecule has 22 heavy (non-hydrogen) atoms. The minimum absolute atomic E-state index is 0.0525. The molecule has 1 amide bonds. The van der Waals surface area contributed by atoms with Gasteiger partial charge in [-0.3, -0.25) is 9.78 Å². The predicted molar refractivity (Wildman–Crippen MR) is 78.1 cm³/mol. The number of carbonyl (C=O) groups is 1. The Morgan fingerprint density at radius 2 is 2.09 bits per heavy atom. The Kier molecular flexibility index (Phi) is 4.50. The van der Waals surface area contributed by atoms with Gasteiger partial charge in [0.05, 0.1) is 19.3 Å². The summed E-state index contributed by atoms with van der Waals surface area (Å²) in [5, 5.41) is 11.9. The van der Waals surface area contributed by atoms with Crippen molar-refractivity contribution in [3.8, 4) is 0 Å². The monoisotopic (exact) mass is 302 g/mol. The molecule has 3 rings (SSSR count). The summed E-state index contributed by atoms with van der Waals surface area (Å²) in [4.78, 5) is 16.2. The first-order chi connectivity index (χ1) is 10.8. The summed E-state index contributed by atoms with van der Waals surface area (Å²) in [7, 11) is 0. The number of rotatable bonds is 5. The summed E-state index contributed by atoms with van der Waals surface area (Å²) in [6.07, 6.45) is 4.35. The average molecular weight is 302 g/mol. The molecule has 0 bridgehead atoms. The Labute approximate surface area is 128 Å². The molecule has 3 heterocycles. The second-order valence-electron chi connectivity index (χ2n) is 5.36. The molecule has 1 aliphatic heterocycles. The van der Waals surface area contributed by atoms with Gasteiger partial charge in [-0.25, -0.2) is 0 Å². The molecule has 0 aliphatic carbocycles. The minimum atomic E-state index is -0.282. The van der Waals surface area contributed by atoms with Crippen LogP contribution in [0.15, 0.2) is 41.1 Å². The van der Waals surface area contributed by atoms with E-state index in [4.69, 9.17) is 14.3 Å². The number of pyridine rings is 1. The third kappa shape index (κ3) is 3.35. The van der Waals surface area contributed by atoms with Crippen LogP contribution in [0, 0.1) is 5.92 Å². The molecule has 0 radical (unpaired) electrons. The molecule has 2 N–H and O–H groups in total. The Morgan fingerprint density at radius 1 is 1.27 bits per heavy atom. The SMILES string of the molecule is O=C(N[C@H]1COC[C@H]1Cc1ccncc1)c1ccc(CO)o1. The number of nitrogens with zero attached hydrogens (tertiary/aromatic N) is 1. The van der Waals surface area contributed by atoms with E-state index >= 15 is 0 Å². The van der Waals surface area contributed by atoms with Crippen molar-refractivity contribution in [1.29, 1.82) is 0 Å². The number of ether oxygens (including phenoxy) is 1. The van der Waals surface area contributed by atoms with Gasteiger partial charge >= 0.3 is 0 Å². The number of amides is 1. The van der Waals surface area contributed by atoms with Crippen LogP contribution >= 0.6 is 0 Å². The smallest absolute Gasteiger partial charge is 0.287 e. The molecule has 2 aromatic rings. The van der Waals surface area contributed by atoms with E-state index in [-0.39, 0.29) is 30.2 Å². The van der Waals surface area contributed by atoms with Crippen LogP contribution in [-0.4, -0.2) is 35.3 Å². The number of hydrogen-bond donors (Lipinski definition) is 2. The fraction of sp³-hybridized carbons (Fsp3) is 0.375. The van der Waals surface area contributed by atoms with Gasteiger partial charge < -0.3 is 19.6 Å². The van der Waals surface area contributed by atoms with Gasteiger partial charge in [0.25, 0.3) is 5.91 Å². The fourth-order valence-corrected chi connectivity index (χ4v) is 2.61. The number of nitrogens with one attached hydrogen (secondary N) is 1. The van der Waals surface area contributed by atoms with Gasteiger partial charge in [-0.05, 0) is 36.2 Å². The quantitative estimate of drug-likeness (QED) is 0.865. The average Bonchev–Trinajstić information content (AvgIpc) is 3.18. The molecule has 0 spiro atoms. The Bertz CT molecular complexity index is 626. The van der Waals surface area contributed by atoms with E-state index < -0.39 is 0 Å². The topological polar surface area (TPSA) is 84.6 Å². The van der Waals surface area contributed by atoms with Crippen LogP contribution in [0.1, 0.15) is 21.9 Å². The van der Waals surface area contributed by atoms with Crippen LogP contribution in [0.25, 0.3) is 0 Å². The Balaban J connectivity index is 1.62. The zero-order valence-corrected chi connectivity index (χ0v) is 12.1. The highest BCUT2D eigenvalue weighted by Gasteiger charge is 2.30. The molecule has 6 heteroatoms. The van der Waals surface area contributed by atoms with E-state index in [2.05, 4.69) is 10.3 Å². The molecule has 116 valence electrons. The van der Waals surface area contributed by atoms with Crippen LogP contribution < -0.4 is 5.32 Å². The van der Waals surface area contributed by atoms with E-state index in [9.17, 15) is 4.79 Å². The summed E-state index contributed by atoms with van der Waals surface area (Å²) in [5.41, 5.74) is 1.17. The number of hydrogen-bond acceptors (Lipinski definition) is 5. The van der Waals surface area contributed by atoms with Crippen molar-refractivity contribution < 1.29 is 19.1 Å². The minimum Gasteiger partial charge on any atom is -0.453 e. The highest BCUT2D eigenvalue weighted by Crippen LogP contribution is 2.19. The summed E-state index contributed by atoms with van der Waals surface area (Å²) in [6, 6.07) is 7.04. The highest BCUT2D eigenvalue weighted by atomic mass is 16.5. The number of aromatic nitrogens is 1. The van der Waals surface area contributed by atoms with Gasteiger partial charge in [0.15, 0.2) is 5.76 Å². The molecule has 0 unspecified atom stereocenters. The fourth-order valence-electron chi connectivity index (χ4n) is 2.61. The molecular weight excluding hydrogens is 284 g/mol. The lowest BCUT2D eigenvalue weighted by molar-refractivity contribution is 0.0892. The Morgan fingerprint density at radius 3 is 2.82 bits per heavy atom. The second kappa shape index (κ2) is 6.72. The lowest BCUT2D eigenvalue weighted by Gasteiger charge is -2.18. The summed E-state index contributed by atoms with van der Waals surface area (Å²) < 4.78 is 10.8. The number of aliphatic hydroxyl groups excluding tert-OH is 1.